The molecule has 1 heterocycles. The lowest BCUT2D eigenvalue weighted by atomic mass is 9.93. The minimum absolute atomic E-state index is 0.131. The molecular weight excluding hydrogens is 286 g/mol. The molecule has 22 heavy (non-hydrogen) atoms. The third kappa shape index (κ3) is 3.11. The van der Waals surface area contributed by atoms with Crippen molar-refractivity contribution in [2.24, 2.45) is 0 Å². The zero-order valence-corrected chi connectivity index (χ0v) is 13.5. The van der Waals surface area contributed by atoms with E-state index < -0.39 is 5.60 Å². The van der Waals surface area contributed by atoms with Gasteiger partial charge in [0.1, 0.15) is 0 Å². The van der Waals surface area contributed by atoms with Crippen molar-refractivity contribution in [3.63, 3.8) is 0 Å². The molecule has 2 rings (SSSR count). The summed E-state index contributed by atoms with van der Waals surface area (Å²) in [4.78, 5) is 14.5. The highest BCUT2D eigenvalue weighted by Gasteiger charge is 2.32. The van der Waals surface area contributed by atoms with Gasteiger partial charge in [-0.15, -0.1) is 0 Å². The monoisotopic (exact) mass is 309 g/mol. The number of carbonyl (C=O) groups is 1. The number of nitrogens with zero attached hydrogens (tertiary/aromatic N) is 1. The highest BCUT2D eigenvalue weighted by molar-refractivity contribution is 5.98. The molecule has 1 aliphatic rings. The van der Waals surface area contributed by atoms with Gasteiger partial charge in [-0.1, -0.05) is 0 Å². The number of aliphatic hydroxyl groups is 1. The predicted molar refractivity (Wildman–Crippen MR) is 81.9 cm³/mol. The smallest absolute Gasteiger partial charge is 0.257 e. The van der Waals surface area contributed by atoms with Crippen LogP contribution in [0.3, 0.4) is 0 Å². The van der Waals surface area contributed by atoms with E-state index >= 15 is 0 Å². The van der Waals surface area contributed by atoms with E-state index in [4.69, 9.17) is 14.2 Å². The summed E-state index contributed by atoms with van der Waals surface area (Å²) >= 11 is 0. The van der Waals surface area contributed by atoms with Gasteiger partial charge in [0.05, 0.1) is 32.5 Å². The summed E-state index contributed by atoms with van der Waals surface area (Å²) in [6.45, 7) is 2.83. The van der Waals surface area contributed by atoms with Crippen LogP contribution in [0.1, 0.15) is 30.1 Å². The van der Waals surface area contributed by atoms with Gasteiger partial charge in [0.15, 0.2) is 11.5 Å². The number of amides is 1. The highest BCUT2D eigenvalue weighted by atomic mass is 16.5. The molecule has 0 atom stereocenters. The van der Waals surface area contributed by atoms with Crippen molar-refractivity contribution >= 4 is 5.91 Å². The fourth-order valence-corrected chi connectivity index (χ4v) is 2.63. The highest BCUT2D eigenvalue weighted by Crippen LogP contribution is 2.40. The van der Waals surface area contributed by atoms with Gasteiger partial charge >= 0.3 is 0 Å². The quantitative estimate of drug-likeness (QED) is 0.917. The topological polar surface area (TPSA) is 68.2 Å². The van der Waals surface area contributed by atoms with E-state index in [0.717, 1.165) is 0 Å². The van der Waals surface area contributed by atoms with Crippen molar-refractivity contribution in [2.75, 3.05) is 34.4 Å². The van der Waals surface area contributed by atoms with Crippen LogP contribution in [0.5, 0.6) is 17.2 Å². The molecule has 0 aromatic heterocycles. The van der Waals surface area contributed by atoms with Gasteiger partial charge in [0, 0.05) is 13.1 Å². The number of hydrogen-bond donors (Lipinski definition) is 1. The molecule has 6 nitrogen and oxygen atoms in total. The van der Waals surface area contributed by atoms with Gasteiger partial charge in [-0.05, 0) is 31.9 Å². The maximum Gasteiger partial charge on any atom is 0.257 e. The third-order valence-corrected chi connectivity index (χ3v) is 4.06. The Bertz CT molecular complexity index is 546. The molecule has 6 heteroatoms. The van der Waals surface area contributed by atoms with Crippen molar-refractivity contribution in [3.8, 4) is 17.2 Å². The molecule has 1 fully saturated rings. The number of carbonyl (C=O) groups excluding carboxylic acids is 1. The molecule has 0 spiro atoms. The van der Waals surface area contributed by atoms with Gasteiger partial charge in [-0.25, -0.2) is 0 Å². The predicted octanol–water partition coefficient (Wildman–Crippen LogP) is 1.70. The first-order valence-corrected chi connectivity index (χ1v) is 7.24. The molecule has 1 amide bonds. The summed E-state index contributed by atoms with van der Waals surface area (Å²) in [6, 6.07) is 3.37. The summed E-state index contributed by atoms with van der Waals surface area (Å²) in [6.07, 6.45) is 1.13. The minimum atomic E-state index is -0.696. The molecular formula is C16H23NO5. The molecule has 0 bridgehead atoms. The number of benzene rings is 1. The number of ether oxygens (including phenoxy) is 3. The standard InChI is InChI=1S/C16H23NO5/c1-16(19)7-9-17(10-8-16)15(18)11-5-6-12(20-2)14(22-4)13(11)21-3/h5-6,19H,7-10H2,1-4H3. The molecule has 0 unspecified atom stereocenters. The first kappa shape index (κ1) is 16.4. The molecule has 1 aromatic carbocycles. The summed E-state index contributed by atoms with van der Waals surface area (Å²) in [7, 11) is 4.54. The number of methoxy groups -OCH3 is 3. The van der Waals surface area contributed by atoms with Crippen molar-refractivity contribution in [2.45, 2.75) is 25.4 Å². The van der Waals surface area contributed by atoms with E-state index in [1.807, 2.05) is 0 Å². The molecule has 0 saturated carbocycles. The van der Waals surface area contributed by atoms with Crippen LogP contribution in [0.4, 0.5) is 0 Å². The van der Waals surface area contributed by atoms with Crippen molar-refractivity contribution in [1.29, 1.82) is 0 Å². The van der Waals surface area contributed by atoms with E-state index in [9.17, 15) is 9.90 Å². The average molecular weight is 309 g/mol. The Kier molecular flexibility index (Phi) is 4.81. The van der Waals surface area contributed by atoms with Crippen LogP contribution < -0.4 is 14.2 Å². The molecule has 1 aliphatic heterocycles. The third-order valence-electron chi connectivity index (χ3n) is 4.06. The summed E-state index contributed by atoms with van der Waals surface area (Å²) < 4.78 is 15.9. The number of likely N-dealkylation sites (tertiary alicyclic amines) is 1. The van der Waals surface area contributed by atoms with E-state index in [1.54, 1.807) is 24.0 Å². The summed E-state index contributed by atoms with van der Waals surface area (Å²) in [5.74, 6) is 1.15. The second-order valence-corrected chi connectivity index (χ2v) is 5.67. The molecule has 1 N–H and O–H groups in total. The molecule has 0 aliphatic carbocycles. The first-order chi connectivity index (χ1) is 10.4. The average Bonchev–Trinajstić information content (AvgIpc) is 2.52. The second-order valence-electron chi connectivity index (χ2n) is 5.67. The van der Waals surface area contributed by atoms with Crippen LogP contribution in [0.2, 0.25) is 0 Å². The summed E-state index contributed by atoms with van der Waals surface area (Å²) in [5.41, 5.74) is -0.264. The number of hydrogen-bond acceptors (Lipinski definition) is 5. The first-order valence-electron chi connectivity index (χ1n) is 7.24. The van der Waals surface area contributed by atoms with Crippen LogP contribution in [0.15, 0.2) is 12.1 Å². The van der Waals surface area contributed by atoms with Gasteiger partial charge in [-0.2, -0.15) is 0 Å². The fourth-order valence-electron chi connectivity index (χ4n) is 2.63. The Hall–Kier alpha value is -1.95. The van der Waals surface area contributed by atoms with E-state index in [-0.39, 0.29) is 5.91 Å². The Morgan fingerprint density at radius 2 is 1.68 bits per heavy atom. The van der Waals surface area contributed by atoms with Crippen LogP contribution in [0.25, 0.3) is 0 Å². The maximum absolute atomic E-state index is 12.7. The van der Waals surface area contributed by atoms with Crippen molar-refractivity contribution in [1.82, 2.24) is 4.90 Å². The summed E-state index contributed by atoms with van der Waals surface area (Å²) in [5, 5.41) is 10.00. The van der Waals surface area contributed by atoms with Gasteiger partial charge in [0.25, 0.3) is 5.91 Å². The van der Waals surface area contributed by atoms with E-state index in [2.05, 4.69) is 0 Å². The Labute approximate surface area is 130 Å². The van der Waals surface area contributed by atoms with Crippen LogP contribution in [-0.4, -0.2) is 55.9 Å². The lowest BCUT2D eigenvalue weighted by Crippen LogP contribution is -2.45. The van der Waals surface area contributed by atoms with E-state index in [0.29, 0.717) is 48.7 Å². The minimum Gasteiger partial charge on any atom is -0.493 e. The van der Waals surface area contributed by atoms with E-state index in [1.165, 1.54) is 21.3 Å². The molecule has 1 saturated heterocycles. The van der Waals surface area contributed by atoms with Crippen LogP contribution in [-0.2, 0) is 0 Å². The van der Waals surface area contributed by atoms with Gasteiger partial charge in [-0.3, -0.25) is 4.79 Å². The lowest BCUT2D eigenvalue weighted by molar-refractivity contribution is -0.00210. The van der Waals surface area contributed by atoms with Crippen LogP contribution >= 0.6 is 0 Å². The Balaban J connectivity index is 2.30. The number of piperidine rings is 1. The lowest BCUT2D eigenvalue weighted by Gasteiger charge is -2.36. The zero-order chi connectivity index (χ0) is 16.3. The van der Waals surface area contributed by atoms with Crippen LogP contribution in [0, 0.1) is 0 Å². The second kappa shape index (κ2) is 6.44. The normalized spacial score (nSPS) is 17.0. The molecule has 122 valence electrons. The van der Waals surface area contributed by atoms with Gasteiger partial charge < -0.3 is 24.2 Å². The molecule has 1 aromatic rings. The Morgan fingerprint density at radius 3 is 2.18 bits per heavy atom. The Morgan fingerprint density at radius 1 is 1.09 bits per heavy atom. The molecule has 0 radical (unpaired) electrons. The van der Waals surface area contributed by atoms with Gasteiger partial charge in [0.2, 0.25) is 5.75 Å². The zero-order valence-electron chi connectivity index (χ0n) is 13.5. The number of rotatable bonds is 4. The SMILES string of the molecule is COc1ccc(C(=O)N2CCC(C)(O)CC2)c(OC)c1OC. The van der Waals surface area contributed by atoms with Crippen molar-refractivity contribution < 1.29 is 24.1 Å². The maximum atomic E-state index is 12.7. The largest absolute Gasteiger partial charge is 0.493 e. The van der Waals surface area contributed by atoms with Crippen molar-refractivity contribution in [3.05, 3.63) is 17.7 Å². The fraction of sp³-hybridized carbons (Fsp3) is 0.562.